The zero-order chi connectivity index (χ0) is 10.0. The summed E-state index contributed by atoms with van der Waals surface area (Å²) in [4.78, 5) is 18.4. The molecule has 3 nitrogen and oxygen atoms in total. The van der Waals surface area contributed by atoms with Crippen molar-refractivity contribution in [1.29, 1.82) is 0 Å². The van der Waals surface area contributed by atoms with Gasteiger partial charge in [0.05, 0.1) is 5.69 Å². The number of aromatic amines is 1. The Morgan fingerprint density at radius 1 is 1.23 bits per heavy atom. The van der Waals surface area contributed by atoms with Crippen LogP contribution >= 0.6 is 0 Å². The largest absolute Gasteiger partial charge is 0.326 e. The third-order valence-electron chi connectivity index (χ3n) is 1.97. The molecular weight excluding hydrogens is 164 g/mol. The molecule has 0 atom stereocenters. The maximum atomic E-state index is 11.3. The summed E-state index contributed by atoms with van der Waals surface area (Å²) in [6.45, 7) is 8.07. The van der Waals surface area contributed by atoms with Crippen molar-refractivity contribution >= 4 is 0 Å². The minimum Gasteiger partial charge on any atom is -0.326 e. The van der Waals surface area contributed by atoms with Gasteiger partial charge in [-0.25, -0.2) is 0 Å². The fourth-order valence-corrected chi connectivity index (χ4v) is 1.12. The standard InChI is InChI=1S/C10H16N2O/c1-6(2)8-5-11-10(13)9(12-8)7(3)4/h5-7H,1-4H3,(H,11,13). The average molecular weight is 180 g/mol. The van der Waals surface area contributed by atoms with Crippen molar-refractivity contribution in [3.05, 3.63) is 27.9 Å². The molecule has 0 fully saturated rings. The van der Waals surface area contributed by atoms with Crippen LogP contribution < -0.4 is 5.56 Å². The molecule has 0 aliphatic heterocycles. The van der Waals surface area contributed by atoms with Crippen molar-refractivity contribution in [3.63, 3.8) is 0 Å². The molecular formula is C10H16N2O. The Kier molecular flexibility index (Phi) is 2.86. The molecule has 0 saturated heterocycles. The van der Waals surface area contributed by atoms with E-state index in [0.29, 0.717) is 11.6 Å². The van der Waals surface area contributed by atoms with Gasteiger partial charge in [0.15, 0.2) is 0 Å². The zero-order valence-electron chi connectivity index (χ0n) is 8.59. The van der Waals surface area contributed by atoms with Crippen LogP contribution in [-0.2, 0) is 0 Å². The molecule has 1 N–H and O–H groups in total. The van der Waals surface area contributed by atoms with Gasteiger partial charge >= 0.3 is 0 Å². The van der Waals surface area contributed by atoms with Gasteiger partial charge in [0.25, 0.3) is 5.56 Å². The maximum Gasteiger partial charge on any atom is 0.269 e. The molecule has 0 aliphatic carbocycles. The number of aromatic nitrogens is 2. The summed E-state index contributed by atoms with van der Waals surface area (Å²) in [6, 6.07) is 0. The number of nitrogens with one attached hydrogen (secondary N) is 1. The van der Waals surface area contributed by atoms with Crippen molar-refractivity contribution in [1.82, 2.24) is 9.97 Å². The monoisotopic (exact) mass is 180 g/mol. The number of H-pyrrole nitrogens is 1. The van der Waals surface area contributed by atoms with E-state index in [1.165, 1.54) is 0 Å². The quantitative estimate of drug-likeness (QED) is 0.756. The van der Waals surface area contributed by atoms with Crippen molar-refractivity contribution in [3.8, 4) is 0 Å². The smallest absolute Gasteiger partial charge is 0.269 e. The van der Waals surface area contributed by atoms with E-state index < -0.39 is 0 Å². The van der Waals surface area contributed by atoms with Crippen LogP contribution in [0.5, 0.6) is 0 Å². The van der Waals surface area contributed by atoms with Gasteiger partial charge in [0.2, 0.25) is 0 Å². The molecule has 0 saturated carbocycles. The van der Waals surface area contributed by atoms with Gasteiger partial charge in [-0.1, -0.05) is 27.7 Å². The fraction of sp³-hybridized carbons (Fsp3) is 0.600. The SMILES string of the molecule is CC(C)c1c[nH]c(=O)c(C(C)C)n1. The normalized spacial score (nSPS) is 11.2. The second-order valence-electron chi connectivity index (χ2n) is 3.85. The van der Waals surface area contributed by atoms with Crippen LogP contribution in [-0.4, -0.2) is 9.97 Å². The van der Waals surface area contributed by atoms with E-state index in [-0.39, 0.29) is 11.5 Å². The van der Waals surface area contributed by atoms with E-state index in [1.807, 2.05) is 13.8 Å². The van der Waals surface area contributed by atoms with E-state index in [9.17, 15) is 4.79 Å². The topological polar surface area (TPSA) is 45.8 Å². The summed E-state index contributed by atoms with van der Waals surface area (Å²) in [6.07, 6.45) is 1.69. The highest BCUT2D eigenvalue weighted by Gasteiger charge is 2.09. The first-order valence-corrected chi connectivity index (χ1v) is 4.62. The molecule has 0 spiro atoms. The molecule has 72 valence electrons. The van der Waals surface area contributed by atoms with Crippen molar-refractivity contribution in [2.24, 2.45) is 0 Å². The molecule has 1 rings (SSSR count). The minimum absolute atomic E-state index is 0.0700. The predicted octanol–water partition coefficient (Wildman–Crippen LogP) is 2.02. The van der Waals surface area contributed by atoms with Crippen LogP contribution in [0, 0.1) is 0 Å². The lowest BCUT2D eigenvalue weighted by Gasteiger charge is -2.07. The summed E-state index contributed by atoms with van der Waals surface area (Å²) in [7, 11) is 0. The summed E-state index contributed by atoms with van der Waals surface area (Å²) in [5.41, 5.74) is 1.51. The van der Waals surface area contributed by atoms with Gasteiger partial charge in [0.1, 0.15) is 5.69 Å². The summed E-state index contributed by atoms with van der Waals surface area (Å²) < 4.78 is 0. The van der Waals surface area contributed by atoms with Crippen LogP contribution in [0.2, 0.25) is 0 Å². The highest BCUT2D eigenvalue weighted by Crippen LogP contribution is 2.12. The Balaban J connectivity index is 3.19. The lowest BCUT2D eigenvalue weighted by Crippen LogP contribution is -2.17. The van der Waals surface area contributed by atoms with E-state index in [4.69, 9.17) is 0 Å². The van der Waals surface area contributed by atoms with Gasteiger partial charge in [0, 0.05) is 12.1 Å². The van der Waals surface area contributed by atoms with Gasteiger partial charge in [-0.3, -0.25) is 9.78 Å². The van der Waals surface area contributed by atoms with Crippen molar-refractivity contribution < 1.29 is 0 Å². The molecule has 1 heterocycles. The van der Waals surface area contributed by atoms with Gasteiger partial charge in [-0.05, 0) is 5.92 Å². The number of rotatable bonds is 2. The summed E-state index contributed by atoms with van der Waals surface area (Å²) >= 11 is 0. The first-order valence-electron chi connectivity index (χ1n) is 4.62. The second kappa shape index (κ2) is 3.73. The van der Waals surface area contributed by atoms with Crippen LogP contribution in [0.3, 0.4) is 0 Å². The van der Waals surface area contributed by atoms with Crippen LogP contribution in [0.25, 0.3) is 0 Å². The second-order valence-corrected chi connectivity index (χ2v) is 3.85. The van der Waals surface area contributed by atoms with E-state index in [2.05, 4.69) is 23.8 Å². The molecule has 3 heteroatoms. The van der Waals surface area contributed by atoms with Crippen LogP contribution in [0.4, 0.5) is 0 Å². The molecule has 1 aromatic rings. The Bertz CT molecular complexity index is 339. The minimum atomic E-state index is -0.0700. The Morgan fingerprint density at radius 3 is 2.31 bits per heavy atom. The van der Waals surface area contributed by atoms with Gasteiger partial charge in [-0.2, -0.15) is 0 Å². The van der Waals surface area contributed by atoms with Crippen molar-refractivity contribution in [2.75, 3.05) is 0 Å². The molecule has 13 heavy (non-hydrogen) atoms. The van der Waals surface area contributed by atoms with Crippen LogP contribution in [0.15, 0.2) is 11.0 Å². The first kappa shape index (κ1) is 9.96. The number of nitrogens with zero attached hydrogens (tertiary/aromatic N) is 1. The Morgan fingerprint density at radius 2 is 1.85 bits per heavy atom. The summed E-state index contributed by atoms with van der Waals surface area (Å²) in [5.74, 6) is 0.539. The van der Waals surface area contributed by atoms with Crippen molar-refractivity contribution in [2.45, 2.75) is 39.5 Å². The molecule has 0 radical (unpaired) electrons. The number of hydrogen-bond acceptors (Lipinski definition) is 2. The van der Waals surface area contributed by atoms with E-state index in [0.717, 1.165) is 5.69 Å². The van der Waals surface area contributed by atoms with Gasteiger partial charge < -0.3 is 4.98 Å². The lowest BCUT2D eigenvalue weighted by molar-refractivity contribution is 0.739. The zero-order valence-corrected chi connectivity index (χ0v) is 8.59. The fourth-order valence-electron chi connectivity index (χ4n) is 1.12. The Labute approximate surface area is 78.2 Å². The predicted molar refractivity (Wildman–Crippen MR) is 53.0 cm³/mol. The molecule has 0 bridgehead atoms. The van der Waals surface area contributed by atoms with E-state index in [1.54, 1.807) is 6.20 Å². The highest BCUT2D eigenvalue weighted by atomic mass is 16.1. The lowest BCUT2D eigenvalue weighted by atomic mass is 10.1. The Hall–Kier alpha value is -1.12. The maximum absolute atomic E-state index is 11.3. The molecule has 0 aliphatic rings. The highest BCUT2D eigenvalue weighted by molar-refractivity contribution is 5.09. The summed E-state index contributed by atoms with van der Waals surface area (Å²) in [5, 5.41) is 0. The van der Waals surface area contributed by atoms with Gasteiger partial charge in [-0.15, -0.1) is 0 Å². The number of hydrogen-bond donors (Lipinski definition) is 1. The van der Waals surface area contributed by atoms with Crippen LogP contribution in [0.1, 0.15) is 50.9 Å². The molecule has 0 amide bonds. The average Bonchev–Trinajstić information content (AvgIpc) is 2.04. The third kappa shape index (κ3) is 2.17. The molecule has 1 aromatic heterocycles. The first-order chi connectivity index (χ1) is 6.02. The molecule has 0 unspecified atom stereocenters. The molecule has 0 aromatic carbocycles. The van der Waals surface area contributed by atoms with E-state index >= 15 is 0 Å². The third-order valence-corrected chi connectivity index (χ3v) is 1.97.